The number of hydrogen-bond donors (Lipinski definition) is 0. The summed E-state index contributed by atoms with van der Waals surface area (Å²) in [5.41, 5.74) is 0. The van der Waals surface area contributed by atoms with Gasteiger partial charge in [-0.1, -0.05) is 6.92 Å². The Balaban J connectivity index is 2.20. The Hall–Kier alpha value is -2.11. The van der Waals surface area contributed by atoms with E-state index in [4.69, 9.17) is 13.6 Å². The summed E-state index contributed by atoms with van der Waals surface area (Å²) in [6.07, 6.45) is 0.777. The molecule has 2 rings (SSSR count). The normalized spacial score (nSPS) is 10.5. The predicted molar refractivity (Wildman–Crippen MR) is 57.3 cm³/mol. The highest BCUT2D eigenvalue weighted by Crippen LogP contribution is 2.21. The van der Waals surface area contributed by atoms with Gasteiger partial charge in [-0.2, -0.15) is 0 Å². The minimum absolute atomic E-state index is 0.170. The molecule has 0 aliphatic rings. The third kappa shape index (κ3) is 2.35. The van der Waals surface area contributed by atoms with Crippen molar-refractivity contribution in [3.05, 3.63) is 23.8 Å². The molecule has 2 heterocycles. The van der Waals surface area contributed by atoms with Crippen LogP contribution in [0.3, 0.4) is 0 Å². The first-order valence-corrected chi connectivity index (χ1v) is 5.34. The van der Waals surface area contributed by atoms with Crippen LogP contribution >= 0.6 is 0 Å². The molecule has 0 N–H and O–H groups in total. The van der Waals surface area contributed by atoms with Crippen LogP contribution in [0.25, 0.3) is 11.7 Å². The fraction of sp³-hybridized carbons (Fsp3) is 0.364. The Morgan fingerprint density at radius 2 is 2.12 bits per heavy atom. The molecule has 0 radical (unpaired) electrons. The monoisotopic (exact) mass is 236 g/mol. The van der Waals surface area contributed by atoms with Crippen molar-refractivity contribution in [2.24, 2.45) is 0 Å². The number of aromatic nitrogens is 2. The van der Waals surface area contributed by atoms with E-state index in [1.54, 1.807) is 13.0 Å². The maximum absolute atomic E-state index is 11.3. The first kappa shape index (κ1) is 11.4. The third-order valence-electron chi connectivity index (χ3n) is 2.10. The van der Waals surface area contributed by atoms with Crippen LogP contribution in [0.1, 0.15) is 30.3 Å². The van der Waals surface area contributed by atoms with E-state index in [0.29, 0.717) is 5.76 Å². The van der Waals surface area contributed by atoms with E-state index in [-0.39, 0.29) is 18.4 Å². The zero-order valence-electron chi connectivity index (χ0n) is 9.60. The van der Waals surface area contributed by atoms with Gasteiger partial charge in [0.15, 0.2) is 5.76 Å². The number of esters is 1. The molecule has 0 saturated heterocycles. The Morgan fingerprint density at radius 3 is 2.76 bits per heavy atom. The van der Waals surface area contributed by atoms with Crippen molar-refractivity contribution in [2.75, 3.05) is 6.61 Å². The number of hydrogen-bond acceptors (Lipinski definition) is 6. The molecule has 0 spiro atoms. The maximum Gasteiger partial charge on any atom is 0.396 e. The van der Waals surface area contributed by atoms with Crippen LogP contribution in [-0.2, 0) is 11.2 Å². The van der Waals surface area contributed by atoms with E-state index >= 15 is 0 Å². The summed E-state index contributed by atoms with van der Waals surface area (Å²) in [4.78, 5) is 11.3. The Kier molecular flexibility index (Phi) is 3.22. The molecule has 6 heteroatoms. The van der Waals surface area contributed by atoms with Gasteiger partial charge in [0.2, 0.25) is 0 Å². The van der Waals surface area contributed by atoms with Gasteiger partial charge in [-0.25, -0.2) is 4.79 Å². The summed E-state index contributed by atoms with van der Waals surface area (Å²) in [5, 5.41) is 7.32. The van der Waals surface area contributed by atoms with Gasteiger partial charge in [0.1, 0.15) is 5.76 Å². The van der Waals surface area contributed by atoms with Crippen molar-refractivity contribution in [1.29, 1.82) is 0 Å². The molecule has 0 aliphatic carbocycles. The standard InChI is InChI=1S/C11H12N2O4/c1-3-7-5-6-8(16-7)9-12-13-10(17-9)11(14)15-4-2/h5-6H,3-4H2,1-2H3. The smallest absolute Gasteiger partial charge is 0.396 e. The molecule has 0 amide bonds. The van der Waals surface area contributed by atoms with Crippen molar-refractivity contribution in [3.63, 3.8) is 0 Å². The number of aryl methyl sites for hydroxylation is 1. The van der Waals surface area contributed by atoms with Crippen LogP contribution < -0.4 is 0 Å². The van der Waals surface area contributed by atoms with E-state index < -0.39 is 5.97 Å². The quantitative estimate of drug-likeness (QED) is 0.756. The summed E-state index contributed by atoms with van der Waals surface area (Å²) < 4.78 is 15.3. The van der Waals surface area contributed by atoms with Crippen molar-refractivity contribution in [3.8, 4) is 11.7 Å². The molecule has 0 atom stereocenters. The minimum Gasteiger partial charge on any atom is -0.459 e. The Morgan fingerprint density at radius 1 is 1.29 bits per heavy atom. The molecule has 2 aromatic heterocycles. The van der Waals surface area contributed by atoms with Crippen LogP contribution in [0, 0.1) is 0 Å². The van der Waals surface area contributed by atoms with E-state index in [1.807, 2.05) is 13.0 Å². The summed E-state index contributed by atoms with van der Waals surface area (Å²) in [5.74, 6) is 0.637. The zero-order chi connectivity index (χ0) is 12.3. The summed E-state index contributed by atoms with van der Waals surface area (Å²) in [6.45, 7) is 3.94. The van der Waals surface area contributed by atoms with E-state index in [0.717, 1.165) is 12.2 Å². The molecule has 0 aliphatic heterocycles. The van der Waals surface area contributed by atoms with E-state index in [9.17, 15) is 4.79 Å². The lowest BCUT2D eigenvalue weighted by molar-refractivity contribution is 0.0481. The maximum atomic E-state index is 11.3. The molecular formula is C11H12N2O4. The summed E-state index contributed by atoms with van der Waals surface area (Å²) in [6, 6.07) is 3.55. The van der Waals surface area contributed by atoms with Crippen molar-refractivity contribution in [2.45, 2.75) is 20.3 Å². The van der Waals surface area contributed by atoms with E-state index in [1.165, 1.54) is 0 Å². The van der Waals surface area contributed by atoms with Crippen molar-refractivity contribution < 1.29 is 18.4 Å². The number of carbonyl (C=O) groups is 1. The SMILES string of the molecule is CCOC(=O)c1nnc(-c2ccc(CC)o2)o1. The molecule has 2 aromatic rings. The van der Waals surface area contributed by atoms with Gasteiger partial charge in [0.25, 0.3) is 5.89 Å². The topological polar surface area (TPSA) is 78.4 Å². The highest BCUT2D eigenvalue weighted by atomic mass is 16.5. The lowest BCUT2D eigenvalue weighted by Crippen LogP contribution is -2.04. The Labute approximate surface area is 97.6 Å². The molecule has 0 saturated carbocycles. The number of rotatable bonds is 4. The summed E-state index contributed by atoms with van der Waals surface area (Å²) in [7, 11) is 0. The zero-order valence-corrected chi connectivity index (χ0v) is 9.60. The second-order valence-electron chi connectivity index (χ2n) is 3.25. The molecule has 0 fully saturated rings. The van der Waals surface area contributed by atoms with Gasteiger partial charge >= 0.3 is 11.9 Å². The summed E-state index contributed by atoms with van der Waals surface area (Å²) >= 11 is 0. The first-order chi connectivity index (χ1) is 8.24. The highest BCUT2D eigenvalue weighted by molar-refractivity contribution is 5.84. The van der Waals surface area contributed by atoms with Crippen LogP contribution in [0.2, 0.25) is 0 Å². The number of carbonyl (C=O) groups excluding carboxylic acids is 1. The van der Waals surface area contributed by atoms with Crippen LogP contribution in [0.5, 0.6) is 0 Å². The van der Waals surface area contributed by atoms with Gasteiger partial charge in [-0.05, 0) is 19.1 Å². The molecule has 0 bridgehead atoms. The highest BCUT2D eigenvalue weighted by Gasteiger charge is 2.18. The average Bonchev–Trinajstić information content (AvgIpc) is 2.98. The largest absolute Gasteiger partial charge is 0.459 e. The van der Waals surface area contributed by atoms with Crippen molar-refractivity contribution >= 4 is 5.97 Å². The molecule has 17 heavy (non-hydrogen) atoms. The second-order valence-corrected chi connectivity index (χ2v) is 3.25. The molecule has 6 nitrogen and oxygen atoms in total. The lowest BCUT2D eigenvalue weighted by atomic mass is 10.3. The number of furan rings is 1. The van der Waals surface area contributed by atoms with Gasteiger partial charge in [-0.15, -0.1) is 10.2 Å². The molecule has 90 valence electrons. The average molecular weight is 236 g/mol. The van der Waals surface area contributed by atoms with Gasteiger partial charge in [-0.3, -0.25) is 0 Å². The van der Waals surface area contributed by atoms with Gasteiger partial charge < -0.3 is 13.6 Å². The third-order valence-corrected chi connectivity index (χ3v) is 2.10. The fourth-order valence-corrected chi connectivity index (χ4v) is 1.28. The van der Waals surface area contributed by atoms with Gasteiger partial charge in [0.05, 0.1) is 6.61 Å². The fourth-order valence-electron chi connectivity index (χ4n) is 1.28. The van der Waals surface area contributed by atoms with Crippen molar-refractivity contribution in [1.82, 2.24) is 10.2 Å². The molecule has 0 unspecified atom stereocenters. The number of nitrogens with zero attached hydrogens (tertiary/aromatic N) is 2. The second kappa shape index (κ2) is 4.82. The Bertz CT molecular complexity index is 515. The predicted octanol–water partition coefficient (Wildman–Crippen LogP) is 2.07. The van der Waals surface area contributed by atoms with Gasteiger partial charge in [0, 0.05) is 6.42 Å². The van der Waals surface area contributed by atoms with E-state index in [2.05, 4.69) is 10.2 Å². The molecular weight excluding hydrogens is 224 g/mol. The minimum atomic E-state index is -0.631. The number of ether oxygens (including phenoxy) is 1. The lowest BCUT2D eigenvalue weighted by Gasteiger charge is -1.94. The van der Waals surface area contributed by atoms with Crippen LogP contribution in [0.4, 0.5) is 0 Å². The van der Waals surface area contributed by atoms with Crippen LogP contribution in [-0.4, -0.2) is 22.8 Å². The molecule has 0 aromatic carbocycles. The first-order valence-electron chi connectivity index (χ1n) is 5.34. The van der Waals surface area contributed by atoms with Crippen LogP contribution in [0.15, 0.2) is 21.0 Å².